The van der Waals surface area contributed by atoms with E-state index in [0.717, 1.165) is 11.1 Å². The van der Waals surface area contributed by atoms with Crippen molar-refractivity contribution in [3.63, 3.8) is 0 Å². The van der Waals surface area contributed by atoms with Gasteiger partial charge in [0.15, 0.2) is 0 Å². The molecule has 7 nitrogen and oxygen atoms in total. The van der Waals surface area contributed by atoms with Crippen LogP contribution in [0.3, 0.4) is 0 Å². The minimum Gasteiger partial charge on any atom is -0.463 e. The van der Waals surface area contributed by atoms with Crippen molar-refractivity contribution in [3.05, 3.63) is 77.7 Å². The maximum atomic E-state index is 12.5. The zero-order valence-corrected chi connectivity index (χ0v) is 15.9. The van der Waals surface area contributed by atoms with Crippen molar-refractivity contribution in [2.45, 2.75) is 26.3 Å². The highest BCUT2D eigenvalue weighted by atomic mass is 16.5. The molecule has 2 heterocycles. The minimum atomic E-state index is -0.568. The summed E-state index contributed by atoms with van der Waals surface area (Å²) in [5, 5.41) is 2.88. The van der Waals surface area contributed by atoms with E-state index in [2.05, 4.69) is 10.3 Å². The van der Waals surface area contributed by atoms with Gasteiger partial charge >= 0.3 is 11.9 Å². The molecule has 0 saturated heterocycles. The van der Waals surface area contributed by atoms with Gasteiger partial charge in [-0.25, -0.2) is 14.6 Å². The number of hydrogen-bond acceptors (Lipinski definition) is 6. The second-order valence-electron chi connectivity index (χ2n) is 6.22. The maximum absolute atomic E-state index is 12.5. The molecule has 0 bridgehead atoms. The number of rotatable bonds is 7. The van der Waals surface area contributed by atoms with Crippen LogP contribution in [0.1, 0.15) is 30.9 Å². The fraction of sp³-hybridized carbons (Fsp3) is 0.286. The van der Waals surface area contributed by atoms with Gasteiger partial charge in [0.25, 0.3) is 0 Å². The van der Waals surface area contributed by atoms with Gasteiger partial charge in [0.1, 0.15) is 0 Å². The predicted molar refractivity (Wildman–Crippen MR) is 103 cm³/mol. The van der Waals surface area contributed by atoms with Crippen LogP contribution in [0.25, 0.3) is 0 Å². The number of nitrogens with zero attached hydrogens (tertiary/aromatic N) is 2. The Morgan fingerprint density at radius 1 is 1.11 bits per heavy atom. The quantitative estimate of drug-likeness (QED) is 0.742. The Morgan fingerprint density at radius 3 is 2.36 bits per heavy atom. The highest BCUT2D eigenvalue weighted by Crippen LogP contribution is 2.35. The molecule has 146 valence electrons. The molecular formula is C21H23N3O4. The molecule has 0 radical (unpaired) electrons. The minimum absolute atomic E-state index is 0.252. The normalized spacial score (nSPS) is 13.9. The third kappa shape index (κ3) is 4.31. The molecule has 1 aromatic carbocycles. The molecule has 0 fully saturated rings. The van der Waals surface area contributed by atoms with E-state index < -0.39 is 17.9 Å². The van der Waals surface area contributed by atoms with E-state index in [9.17, 15) is 9.59 Å². The van der Waals surface area contributed by atoms with Crippen molar-refractivity contribution in [3.8, 4) is 0 Å². The van der Waals surface area contributed by atoms with Crippen LogP contribution in [0.5, 0.6) is 0 Å². The lowest BCUT2D eigenvalue weighted by Crippen LogP contribution is -2.27. The summed E-state index contributed by atoms with van der Waals surface area (Å²) in [5.41, 5.74) is 2.58. The zero-order valence-electron chi connectivity index (χ0n) is 15.9. The lowest BCUT2D eigenvalue weighted by Gasteiger charge is -2.25. The number of imidazole rings is 1. The third-order valence-electron chi connectivity index (χ3n) is 4.33. The topological polar surface area (TPSA) is 82.5 Å². The van der Waals surface area contributed by atoms with E-state index in [1.807, 2.05) is 35.0 Å². The molecule has 2 aromatic rings. The Kier molecular flexibility index (Phi) is 6.26. The van der Waals surface area contributed by atoms with Gasteiger partial charge in [0.2, 0.25) is 0 Å². The van der Waals surface area contributed by atoms with Crippen LogP contribution in [-0.4, -0.2) is 34.7 Å². The smallest absolute Gasteiger partial charge is 0.336 e. The van der Waals surface area contributed by atoms with Crippen molar-refractivity contribution in [1.29, 1.82) is 0 Å². The summed E-state index contributed by atoms with van der Waals surface area (Å²) in [5.74, 6) is -1.49. The van der Waals surface area contributed by atoms with Gasteiger partial charge in [-0.15, -0.1) is 0 Å². The van der Waals surface area contributed by atoms with Crippen molar-refractivity contribution in [2.24, 2.45) is 0 Å². The first-order chi connectivity index (χ1) is 13.6. The van der Waals surface area contributed by atoms with E-state index in [1.165, 1.54) is 0 Å². The number of dihydropyridines is 1. The van der Waals surface area contributed by atoms with Gasteiger partial charge in [0, 0.05) is 31.3 Å². The predicted octanol–water partition coefficient (Wildman–Crippen LogP) is 2.51. The van der Waals surface area contributed by atoms with Crippen LogP contribution < -0.4 is 5.32 Å². The molecule has 0 atom stereocenters. The number of hydrogen-bond donors (Lipinski definition) is 1. The molecule has 1 aromatic heterocycles. The SMILES string of the molecule is CCOC(=O)C1=CNC=C(C(=O)OCC)C1c1cccc(Cn2ccnc2)c1. The largest absolute Gasteiger partial charge is 0.463 e. The summed E-state index contributed by atoms with van der Waals surface area (Å²) < 4.78 is 12.3. The van der Waals surface area contributed by atoms with Gasteiger partial charge in [-0.1, -0.05) is 24.3 Å². The molecule has 0 spiro atoms. The summed E-state index contributed by atoms with van der Waals surface area (Å²) in [6.07, 6.45) is 8.50. The number of benzene rings is 1. The van der Waals surface area contributed by atoms with Crippen LogP contribution in [0.4, 0.5) is 0 Å². The molecule has 0 amide bonds. The van der Waals surface area contributed by atoms with Crippen LogP contribution >= 0.6 is 0 Å². The lowest BCUT2D eigenvalue weighted by molar-refractivity contribution is -0.139. The average molecular weight is 381 g/mol. The first kappa shape index (κ1) is 19.4. The average Bonchev–Trinajstić information content (AvgIpc) is 3.21. The van der Waals surface area contributed by atoms with E-state index in [4.69, 9.17) is 9.47 Å². The first-order valence-electron chi connectivity index (χ1n) is 9.19. The number of esters is 2. The summed E-state index contributed by atoms with van der Waals surface area (Å²) in [4.78, 5) is 29.1. The van der Waals surface area contributed by atoms with Gasteiger partial charge in [-0.3, -0.25) is 0 Å². The van der Waals surface area contributed by atoms with Gasteiger partial charge in [0.05, 0.1) is 36.6 Å². The Balaban J connectivity index is 1.97. The molecular weight excluding hydrogens is 358 g/mol. The Bertz CT molecular complexity index is 866. The van der Waals surface area contributed by atoms with E-state index in [0.29, 0.717) is 17.7 Å². The van der Waals surface area contributed by atoms with Crippen LogP contribution in [0.2, 0.25) is 0 Å². The number of ether oxygens (including phenoxy) is 2. The zero-order chi connectivity index (χ0) is 19.9. The summed E-state index contributed by atoms with van der Waals surface area (Å²) in [6.45, 7) is 4.63. The van der Waals surface area contributed by atoms with Crippen LogP contribution in [-0.2, 0) is 25.6 Å². The van der Waals surface area contributed by atoms with E-state index in [-0.39, 0.29) is 13.2 Å². The fourth-order valence-corrected chi connectivity index (χ4v) is 3.16. The fourth-order valence-electron chi connectivity index (χ4n) is 3.16. The number of carbonyl (C=O) groups excluding carboxylic acids is 2. The van der Waals surface area contributed by atoms with Crippen LogP contribution in [0.15, 0.2) is 66.5 Å². The number of aromatic nitrogens is 2. The standard InChI is InChI=1S/C21H23N3O4/c1-3-27-20(25)17-11-23-12-18(21(26)28-4-2)19(17)16-7-5-6-15(10-16)13-24-9-8-22-14-24/h5-12,14,19,23H,3-4,13H2,1-2H3. The molecule has 1 aliphatic heterocycles. The molecule has 1 aliphatic rings. The molecule has 7 heteroatoms. The van der Waals surface area contributed by atoms with Gasteiger partial charge in [-0.2, -0.15) is 0 Å². The van der Waals surface area contributed by atoms with Crippen molar-refractivity contribution in [2.75, 3.05) is 13.2 Å². The number of carbonyl (C=O) groups is 2. The van der Waals surface area contributed by atoms with Crippen molar-refractivity contribution in [1.82, 2.24) is 14.9 Å². The van der Waals surface area contributed by atoms with E-state index in [1.54, 1.807) is 38.8 Å². The molecule has 28 heavy (non-hydrogen) atoms. The second kappa shape index (κ2) is 9.03. The second-order valence-corrected chi connectivity index (χ2v) is 6.22. The molecule has 3 rings (SSSR count). The highest BCUT2D eigenvalue weighted by Gasteiger charge is 2.34. The Labute approximate surface area is 163 Å². The van der Waals surface area contributed by atoms with Crippen molar-refractivity contribution >= 4 is 11.9 Å². The first-order valence-corrected chi connectivity index (χ1v) is 9.19. The Morgan fingerprint density at radius 2 is 1.79 bits per heavy atom. The summed E-state index contributed by atoms with van der Waals surface area (Å²) >= 11 is 0. The van der Waals surface area contributed by atoms with E-state index >= 15 is 0 Å². The van der Waals surface area contributed by atoms with Crippen LogP contribution in [0, 0.1) is 0 Å². The maximum Gasteiger partial charge on any atom is 0.336 e. The molecule has 1 N–H and O–H groups in total. The molecule has 0 unspecified atom stereocenters. The summed E-state index contributed by atoms with van der Waals surface area (Å²) in [7, 11) is 0. The molecule has 0 saturated carbocycles. The summed E-state index contributed by atoms with van der Waals surface area (Å²) in [6, 6.07) is 7.78. The third-order valence-corrected chi connectivity index (χ3v) is 4.33. The lowest BCUT2D eigenvalue weighted by atomic mass is 9.83. The van der Waals surface area contributed by atoms with Gasteiger partial charge in [-0.05, 0) is 25.0 Å². The molecule has 0 aliphatic carbocycles. The monoisotopic (exact) mass is 381 g/mol. The Hall–Kier alpha value is -3.35. The van der Waals surface area contributed by atoms with Gasteiger partial charge < -0.3 is 19.4 Å². The highest BCUT2D eigenvalue weighted by molar-refractivity contribution is 5.98. The van der Waals surface area contributed by atoms with Crippen molar-refractivity contribution < 1.29 is 19.1 Å². The number of nitrogens with one attached hydrogen (secondary N) is 1.